The molecular weight excluding hydrogens is 374 g/mol. The highest BCUT2D eigenvalue weighted by molar-refractivity contribution is 7.18. The van der Waals surface area contributed by atoms with Crippen molar-refractivity contribution in [1.29, 1.82) is 0 Å². The van der Waals surface area contributed by atoms with Crippen LogP contribution in [-0.4, -0.2) is 25.8 Å². The second-order valence-electron chi connectivity index (χ2n) is 6.95. The lowest BCUT2D eigenvalue weighted by atomic mass is 9.92. The first-order valence-electron chi connectivity index (χ1n) is 7.97. The number of hydrogen-bond donors (Lipinski definition) is 0. The standard InChI is InChI=1S/C17H16ClN5O2S/c1-17(2,3)13-14(23-9-19-8-20-23)26-15(21-13)22-7-10-6-11(18)4-5-12(10)25-16(22)24/h4-6,8-9H,7H2,1-3H3. The molecule has 0 fully saturated rings. The summed E-state index contributed by atoms with van der Waals surface area (Å²) in [6.45, 7) is 6.55. The molecule has 3 aromatic rings. The second kappa shape index (κ2) is 6.07. The first-order valence-corrected chi connectivity index (χ1v) is 9.16. The van der Waals surface area contributed by atoms with E-state index in [0.29, 0.717) is 22.4 Å². The number of fused-ring (bicyclic) bond motifs is 1. The summed E-state index contributed by atoms with van der Waals surface area (Å²) in [6.07, 6.45) is 2.63. The molecule has 0 radical (unpaired) electrons. The van der Waals surface area contributed by atoms with Crippen molar-refractivity contribution in [2.45, 2.75) is 32.7 Å². The second-order valence-corrected chi connectivity index (χ2v) is 8.34. The maximum Gasteiger partial charge on any atom is 0.421 e. The fourth-order valence-corrected chi connectivity index (χ4v) is 4.06. The van der Waals surface area contributed by atoms with Gasteiger partial charge >= 0.3 is 6.09 Å². The number of rotatable bonds is 2. The molecule has 1 amide bonds. The highest BCUT2D eigenvalue weighted by Crippen LogP contribution is 2.39. The smallest absolute Gasteiger partial charge is 0.410 e. The molecule has 26 heavy (non-hydrogen) atoms. The third kappa shape index (κ3) is 2.95. The minimum Gasteiger partial charge on any atom is -0.410 e. The van der Waals surface area contributed by atoms with Gasteiger partial charge in [-0.2, -0.15) is 5.10 Å². The lowest BCUT2D eigenvalue weighted by Crippen LogP contribution is -2.37. The predicted molar refractivity (Wildman–Crippen MR) is 99.4 cm³/mol. The Bertz CT molecular complexity index is 978. The third-order valence-electron chi connectivity index (χ3n) is 3.93. The van der Waals surface area contributed by atoms with Gasteiger partial charge in [-0.1, -0.05) is 43.7 Å². The van der Waals surface area contributed by atoms with Gasteiger partial charge in [0.25, 0.3) is 0 Å². The zero-order chi connectivity index (χ0) is 18.5. The van der Waals surface area contributed by atoms with Gasteiger partial charge in [0.15, 0.2) is 5.13 Å². The quantitative estimate of drug-likeness (QED) is 0.656. The summed E-state index contributed by atoms with van der Waals surface area (Å²) in [5, 5.41) is 6.19. The van der Waals surface area contributed by atoms with E-state index in [1.807, 2.05) is 0 Å². The number of amides is 1. The Hall–Kier alpha value is -2.45. The summed E-state index contributed by atoms with van der Waals surface area (Å²) in [7, 11) is 0. The van der Waals surface area contributed by atoms with Crippen LogP contribution in [0.2, 0.25) is 5.02 Å². The van der Waals surface area contributed by atoms with Gasteiger partial charge in [0.2, 0.25) is 0 Å². The molecule has 0 N–H and O–H groups in total. The summed E-state index contributed by atoms with van der Waals surface area (Å²) in [5.41, 5.74) is 1.45. The molecule has 0 bridgehead atoms. The number of anilines is 1. The number of ether oxygens (including phenoxy) is 1. The molecule has 134 valence electrons. The van der Waals surface area contributed by atoms with Crippen LogP contribution in [0.1, 0.15) is 32.0 Å². The van der Waals surface area contributed by atoms with Crippen LogP contribution >= 0.6 is 22.9 Å². The van der Waals surface area contributed by atoms with Crippen molar-refractivity contribution >= 4 is 34.2 Å². The fourth-order valence-electron chi connectivity index (χ4n) is 2.67. The van der Waals surface area contributed by atoms with E-state index in [4.69, 9.17) is 21.3 Å². The molecule has 7 nitrogen and oxygen atoms in total. The SMILES string of the molecule is CC(C)(C)c1nc(N2Cc3cc(Cl)ccc3OC2=O)sc1-n1cncn1. The number of aromatic nitrogens is 4. The lowest BCUT2D eigenvalue weighted by molar-refractivity contribution is 0.203. The van der Waals surface area contributed by atoms with Gasteiger partial charge in [0.1, 0.15) is 23.4 Å². The predicted octanol–water partition coefficient (Wildman–Crippen LogP) is 4.19. The van der Waals surface area contributed by atoms with Crippen LogP contribution in [0.15, 0.2) is 30.9 Å². The molecule has 0 saturated heterocycles. The Morgan fingerprint density at radius 1 is 1.31 bits per heavy atom. The largest absolute Gasteiger partial charge is 0.421 e. The normalized spacial score (nSPS) is 14.3. The third-order valence-corrected chi connectivity index (χ3v) is 5.24. The molecule has 2 aromatic heterocycles. The number of thiazole rings is 1. The molecule has 0 aliphatic carbocycles. The average Bonchev–Trinajstić information content (AvgIpc) is 3.23. The molecule has 0 spiro atoms. The van der Waals surface area contributed by atoms with Gasteiger partial charge in [-0.15, -0.1) is 0 Å². The number of benzene rings is 1. The molecule has 4 rings (SSSR count). The van der Waals surface area contributed by atoms with Crippen LogP contribution in [0.25, 0.3) is 5.00 Å². The number of carbonyl (C=O) groups excluding carboxylic acids is 1. The van der Waals surface area contributed by atoms with Crippen molar-refractivity contribution in [3.63, 3.8) is 0 Å². The fraction of sp³-hybridized carbons (Fsp3) is 0.294. The Kier molecular flexibility index (Phi) is 3.96. The molecule has 0 atom stereocenters. The van der Waals surface area contributed by atoms with E-state index in [-0.39, 0.29) is 5.41 Å². The minimum atomic E-state index is -0.459. The summed E-state index contributed by atoms with van der Waals surface area (Å²) in [4.78, 5) is 22.8. The molecular formula is C17H16ClN5O2S. The van der Waals surface area contributed by atoms with E-state index in [2.05, 4.69) is 30.9 Å². The van der Waals surface area contributed by atoms with Crippen LogP contribution in [0.3, 0.4) is 0 Å². The molecule has 9 heteroatoms. The van der Waals surface area contributed by atoms with Crippen molar-refractivity contribution < 1.29 is 9.53 Å². The summed E-state index contributed by atoms with van der Waals surface area (Å²) < 4.78 is 7.11. The van der Waals surface area contributed by atoms with Crippen LogP contribution in [-0.2, 0) is 12.0 Å². The van der Waals surface area contributed by atoms with E-state index in [9.17, 15) is 4.79 Å². The van der Waals surface area contributed by atoms with Gasteiger partial charge in [-0.05, 0) is 18.2 Å². The highest BCUT2D eigenvalue weighted by atomic mass is 35.5. The first-order chi connectivity index (χ1) is 12.3. The van der Waals surface area contributed by atoms with E-state index in [0.717, 1.165) is 16.3 Å². The average molecular weight is 390 g/mol. The Morgan fingerprint density at radius 3 is 2.81 bits per heavy atom. The van der Waals surface area contributed by atoms with Gasteiger partial charge in [0, 0.05) is 16.0 Å². The molecule has 1 aliphatic heterocycles. The van der Waals surface area contributed by atoms with Crippen LogP contribution in [0, 0.1) is 0 Å². The first kappa shape index (κ1) is 17.0. The van der Waals surface area contributed by atoms with E-state index in [1.165, 1.54) is 22.6 Å². The molecule has 0 saturated carbocycles. The lowest BCUT2D eigenvalue weighted by Gasteiger charge is -2.26. The summed E-state index contributed by atoms with van der Waals surface area (Å²) >= 11 is 7.45. The zero-order valence-corrected chi connectivity index (χ0v) is 16.0. The molecule has 1 aliphatic rings. The zero-order valence-electron chi connectivity index (χ0n) is 14.4. The summed E-state index contributed by atoms with van der Waals surface area (Å²) in [5.74, 6) is 0.528. The van der Waals surface area contributed by atoms with E-state index < -0.39 is 6.09 Å². The minimum absolute atomic E-state index is 0.225. The van der Waals surface area contributed by atoms with Crippen LogP contribution in [0.5, 0.6) is 5.75 Å². The molecule has 1 aromatic carbocycles. The highest BCUT2D eigenvalue weighted by Gasteiger charge is 2.32. The number of hydrogen-bond acceptors (Lipinski definition) is 6. The van der Waals surface area contributed by atoms with Gasteiger partial charge in [0.05, 0.1) is 12.2 Å². The van der Waals surface area contributed by atoms with E-state index in [1.54, 1.807) is 29.2 Å². The maximum atomic E-state index is 12.5. The Balaban J connectivity index is 1.78. The van der Waals surface area contributed by atoms with Gasteiger partial charge in [-0.25, -0.2) is 24.3 Å². The maximum absolute atomic E-state index is 12.5. The van der Waals surface area contributed by atoms with Crippen molar-refractivity contribution in [2.24, 2.45) is 0 Å². The van der Waals surface area contributed by atoms with Crippen molar-refractivity contribution in [3.8, 4) is 10.8 Å². The van der Waals surface area contributed by atoms with Crippen LogP contribution in [0.4, 0.5) is 9.93 Å². The summed E-state index contributed by atoms with van der Waals surface area (Å²) in [6, 6.07) is 5.20. The number of halogens is 1. The van der Waals surface area contributed by atoms with Crippen molar-refractivity contribution in [3.05, 3.63) is 47.1 Å². The van der Waals surface area contributed by atoms with E-state index >= 15 is 0 Å². The number of carbonyl (C=O) groups is 1. The Morgan fingerprint density at radius 2 is 2.12 bits per heavy atom. The number of nitrogens with zero attached hydrogens (tertiary/aromatic N) is 5. The molecule has 3 heterocycles. The topological polar surface area (TPSA) is 73.1 Å². The van der Waals surface area contributed by atoms with Gasteiger partial charge < -0.3 is 4.74 Å². The Labute approximate surface area is 159 Å². The van der Waals surface area contributed by atoms with Crippen molar-refractivity contribution in [2.75, 3.05) is 4.90 Å². The van der Waals surface area contributed by atoms with Crippen LogP contribution < -0.4 is 9.64 Å². The monoisotopic (exact) mass is 389 g/mol. The molecule has 0 unspecified atom stereocenters. The van der Waals surface area contributed by atoms with Gasteiger partial charge in [-0.3, -0.25) is 0 Å². The van der Waals surface area contributed by atoms with Crippen molar-refractivity contribution in [1.82, 2.24) is 19.7 Å².